The lowest BCUT2D eigenvalue weighted by Gasteiger charge is -1.97. The fourth-order valence-electron chi connectivity index (χ4n) is 1.16. The third kappa shape index (κ3) is 2.84. The summed E-state index contributed by atoms with van der Waals surface area (Å²) in [6.45, 7) is 3.53. The molecule has 0 unspecified atom stereocenters. The van der Waals surface area contributed by atoms with Crippen LogP contribution in [0.2, 0.25) is 0 Å². The summed E-state index contributed by atoms with van der Waals surface area (Å²) in [5.74, 6) is 0.676. The largest absolute Gasteiger partial charge is 0.343 e. The fraction of sp³-hybridized carbons (Fsp3) is 0.444. The zero-order valence-corrected chi connectivity index (χ0v) is 9.25. The fourth-order valence-corrected chi connectivity index (χ4v) is 1.99. The van der Waals surface area contributed by atoms with Gasteiger partial charge in [-0.05, 0) is 6.42 Å². The Bertz CT molecular complexity index is 398. The molecule has 0 aromatic carbocycles. The van der Waals surface area contributed by atoms with Gasteiger partial charge in [-0.15, -0.1) is 11.3 Å². The summed E-state index contributed by atoms with van der Waals surface area (Å²) in [4.78, 5) is 9.43. The smallest absolute Gasteiger partial charge is 0.213 e. The van der Waals surface area contributed by atoms with Gasteiger partial charge in [0.25, 0.3) is 0 Å². The average molecular weight is 224 g/mol. The van der Waals surface area contributed by atoms with E-state index >= 15 is 0 Å². The van der Waals surface area contributed by atoms with Crippen LogP contribution in [0.3, 0.4) is 0 Å². The number of thiazole rings is 1. The molecular formula is C9H12N4OS. The zero-order valence-electron chi connectivity index (χ0n) is 8.43. The second-order valence-electron chi connectivity index (χ2n) is 3.02. The summed E-state index contributed by atoms with van der Waals surface area (Å²) >= 11 is 1.73. The summed E-state index contributed by atoms with van der Waals surface area (Å²) in [5, 5.41) is 8.11. The quantitative estimate of drug-likeness (QED) is 0.831. The average Bonchev–Trinajstić information content (AvgIpc) is 2.88. The highest BCUT2D eigenvalue weighted by molar-refractivity contribution is 7.11. The van der Waals surface area contributed by atoms with Gasteiger partial charge in [-0.1, -0.05) is 12.1 Å². The Labute approximate surface area is 91.5 Å². The summed E-state index contributed by atoms with van der Waals surface area (Å²) in [6.07, 6.45) is 4.24. The Balaban J connectivity index is 1.78. The minimum Gasteiger partial charge on any atom is -0.343 e. The summed E-state index contributed by atoms with van der Waals surface area (Å²) in [7, 11) is 0. The van der Waals surface area contributed by atoms with Crippen molar-refractivity contribution in [2.45, 2.75) is 26.4 Å². The first-order valence-corrected chi connectivity index (χ1v) is 5.59. The van der Waals surface area contributed by atoms with Crippen LogP contribution in [0.1, 0.15) is 22.6 Å². The molecule has 1 N–H and O–H groups in total. The number of nitrogens with zero attached hydrogens (tertiary/aromatic N) is 3. The van der Waals surface area contributed by atoms with Crippen LogP contribution in [0.5, 0.6) is 0 Å². The lowest BCUT2D eigenvalue weighted by Crippen LogP contribution is -2.12. The first-order valence-electron chi connectivity index (χ1n) is 4.78. The number of hydrogen-bond donors (Lipinski definition) is 1. The molecule has 0 fully saturated rings. The Morgan fingerprint density at radius 1 is 1.40 bits per heavy atom. The van der Waals surface area contributed by atoms with E-state index in [4.69, 9.17) is 0 Å². The molecule has 2 rings (SSSR count). The molecule has 2 aromatic heterocycles. The maximum absolute atomic E-state index is 4.63. The van der Waals surface area contributed by atoms with E-state index in [1.165, 1.54) is 16.3 Å². The van der Waals surface area contributed by atoms with Crippen LogP contribution < -0.4 is 5.32 Å². The highest BCUT2D eigenvalue weighted by Gasteiger charge is 2.01. The zero-order chi connectivity index (χ0) is 10.5. The maximum Gasteiger partial charge on any atom is 0.213 e. The van der Waals surface area contributed by atoms with Crippen LogP contribution in [-0.4, -0.2) is 15.1 Å². The van der Waals surface area contributed by atoms with E-state index in [-0.39, 0.29) is 0 Å². The molecule has 0 aliphatic rings. The van der Waals surface area contributed by atoms with Crippen LogP contribution in [0.4, 0.5) is 0 Å². The molecule has 0 bridgehead atoms. The van der Waals surface area contributed by atoms with Crippen LogP contribution >= 0.6 is 11.3 Å². The van der Waals surface area contributed by atoms with Crippen LogP contribution in [-0.2, 0) is 19.5 Å². The molecule has 0 saturated carbocycles. The lowest BCUT2D eigenvalue weighted by atomic mass is 10.5. The minimum atomic E-state index is 0.621. The van der Waals surface area contributed by atoms with E-state index in [1.54, 1.807) is 11.3 Å². The second kappa shape index (κ2) is 4.99. The van der Waals surface area contributed by atoms with E-state index in [1.807, 2.05) is 6.20 Å². The van der Waals surface area contributed by atoms with E-state index in [0.717, 1.165) is 13.0 Å². The van der Waals surface area contributed by atoms with Crippen molar-refractivity contribution < 1.29 is 4.52 Å². The second-order valence-corrected chi connectivity index (χ2v) is 4.22. The highest BCUT2D eigenvalue weighted by Crippen LogP contribution is 2.12. The number of nitrogens with one attached hydrogen (secondary N) is 1. The minimum absolute atomic E-state index is 0.621. The van der Waals surface area contributed by atoms with Crippen molar-refractivity contribution in [1.29, 1.82) is 0 Å². The number of hydrogen-bond acceptors (Lipinski definition) is 6. The third-order valence-electron chi connectivity index (χ3n) is 1.89. The van der Waals surface area contributed by atoms with Crippen molar-refractivity contribution in [2.75, 3.05) is 0 Å². The van der Waals surface area contributed by atoms with Gasteiger partial charge in [0.15, 0.2) is 5.82 Å². The Hall–Kier alpha value is -1.27. The summed E-state index contributed by atoms with van der Waals surface area (Å²) < 4.78 is 4.63. The van der Waals surface area contributed by atoms with Crippen LogP contribution in [0, 0.1) is 0 Å². The van der Waals surface area contributed by atoms with Gasteiger partial charge in [0, 0.05) is 17.6 Å². The monoisotopic (exact) mass is 224 g/mol. The van der Waals surface area contributed by atoms with E-state index in [0.29, 0.717) is 12.4 Å². The highest BCUT2D eigenvalue weighted by atomic mass is 32.1. The first kappa shape index (κ1) is 10.3. The summed E-state index contributed by atoms with van der Waals surface area (Å²) in [5.41, 5.74) is 0. The molecule has 80 valence electrons. The van der Waals surface area contributed by atoms with Gasteiger partial charge >= 0.3 is 0 Å². The standard InChI is InChI=1S/C9H12N4OS/c1-2-9-11-4-7(15-9)3-10-5-8-12-6-14-13-8/h4,6,10H,2-3,5H2,1H3. The van der Waals surface area contributed by atoms with Gasteiger partial charge in [0.05, 0.1) is 11.6 Å². The van der Waals surface area contributed by atoms with Crippen molar-refractivity contribution in [3.63, 3.8) is 0 Å². The predicted octanol–water partition coefficient (Wildman–Crippen LogP) is 1.38. The third-order valence-corrected chi connectivity index (χ3v) is 3.03. The van der Waals surface area contributed by atoms with Crippen LogP contribution in [0.25, 0.3) is 0 Å². The van der Waals surface area contributed by atoms with Gasteiger partial charge in [0.1, 0.15) is 0 Å². The first-order chi connectivity index (χ1) is 7.38. The molecule has 0 aliphatic carbocycles. The van der Waals surface area contributed by atoms with E-state index in [2.05, 4.69) is 31.9 Å². The SMILES string of the molecule is CCc1ncc(CNCc2ncon2)s1. The predicted molar refractivity (Wildman–Crippen MR) is 56.3 cm³/mol. The Morgan fingerprint density at radius 2 is 2.33 bits per heavy atom. The van der Waals surface area contributed by atoms with Crippen molar-refractivity contribution in [1.82, 2.24) is 20.4 Å². The van der Waals surface area contributed by atoms with Gasteiger partial charge in [-0.2, -0.15) is 4.98 Å². The number of aryl methyl sites for hydroxylation is 1. The Kier molecular flexibility index (Phi) is 3.41. The normalized spacial score (nSPS) is 10.7. The van der Waals surface area contributed by atoms with Crippen molar-refractivity contribution in [3.8, 4) is 0 Å². The summed E-state index contributed by atoms with van der Waals surface area (Å²) in [6, 6.07) is 0. The Morgan fingerprint density at radius 3 is 3.00 bits per heavy atom. The van der Waals surface area contributed by atoms with Gasteiger partial charge in [-0.25, -0.2) is 4.98 Å². The van der Waals surface area contributed by atoms with Crippen molar-refractivity contribution in [3.05, 3.63) is 28.3 Å². The lowest BCUT2D eigenvalue weighted by molar-refractivity contribution is 0.407. The molecule has 2 heterocycles. The number of rotatable bonds is 5. The van der Waals surface area contributed by atoms with E-state index in [9.17, 15) is 0 Å². The van der Waals surface area contributed by atoms with Gasteiger partial charge in [0.2, 0.25) is 6.39 Å². The molecule has 0 spiro atoms. The van der Waals surface area contributed by atoms with Gasteiger partial charge in [-0.3, -0.25) is 0 Å². The molecule has 0 atom stereocenters. The van der Waals surface area contributed by atoms with E-state index < -0.39 is 0 Å². The molecule has 5 nitrogen and oxygen atoms in total. The van der Waals surface area contributed by atoms with Gasteiger partial charge < -0.3 is 9.84 Å². The molecule has 15 heavy (non-hydrogen) atoms. The molecule has 0 saturated heterocycles. The molecule has 0 aliphatic heterocycles. The number of aromatic nitrogens is 3. The molecule has 0 radical (unpaired) electrons. The molecular weight excluding hydrogens is 212 g/mol. The molecule has 6 heteroatoms. The maximum atomic E-state index is 4.63. The van der Waals surface area contributed by atoms with Crippen molar-refractivity contribution in [2.24, 2.45) is 0 Å². The topological polar surface area (TPSA) is 63.8 Å². The van der Waals surface area contributed by atoms with Crippen LogP contribution in [0.15, 0.2) is 17.1 Å². The molecule has 0 amide bonds. The van der Waals surface area contributed by atoms with Crippen molar-refractivity contribution >= 4 is 11.3 Å². The molecule has 2 aromatic rings.